The molecule has 1 N–H and O–H groups in total. The van der Waals surface area contributed by atoms with E-state index in [0.717, 1.165) is 32.4 Å². The molecule has 0 spiro atoms. The van der Waals surface area contributed by atoms with Crippen LogP contribution in [0, 0.1) is 11.8 Å². The van der Waals surface area contributed by atoms with E-state index in [2.05, 4.69) is 26.1 Å². The summed E-state index contributed by atoms with van der Waals surface area (Å²) in [7, 11) is 1.95. The topological polar surface area (TPSA) is 32.3 Å². The molecule has 1 aliphatic heterocycles. The second kappa shape index (κ2) is 6.24. The highest BCUT2D eigenvalue weighted by Crippen LogP contribution is 2.16. The second-order valence-electron chi connectivity index (χ2n) is 5.47. The lowest BCUT2D eigenvalue weighted by Gasteiger charge is -2.31. The predicted molar refractivity (Wildman–Crippen MR) is 67.3 cm³/mol. The van der Waals surface area contributed by atoms with Gasteiger partial charge in [0.15, 0.2) is 0 Å². The summed E-state index contributed by atoms with van der Waals surface area (Å²) in [4.78, 5) is 14.1. The molecule has 0 aromatic heterocycles. The Bertz CT molecular complexity index is 222. The third kappa shape index (κ3) is 3.78. The highest BCUT2D eigenvalue weighted by molar-refractivity contribution is 5.79. The quantitative estimate of drug-likeness (QED) is 0.794. The lowest BCUT2D eigenvalue weighted by atomic mass is 9.96. The summed E-state index contributed by atoms with van der Waals surface area (Å²) in [5.41, 5.74) is 0. The number of hydrogen-bond donors (Lipinski definition) is 1. The van der Waals surface area contributed by atoms with Gasteiger partial charge in [0.25, 0.3) is 0 Å². The minimum atomic E-state index is 0.202. The van der Waals surface area contributed by atoms with Crippen molar-refractivity contribution in [3.8, 4) is 0 Å². The van der Waals surface area contributed by atoms with Crippen molar-refractivity contribution in [1.82, 2.24) is 10.2 Å². The van der Waals surface area contributed by atoms with Crippen LogP contribution >= 0.6 is 0 Å². The van der Waals surface area contributed by atoms with Crippen LogP contribution in [0.15, 0.2) is 0 Å². The minimum absolute atomic E-state index is 0.202. The van der Waals surface area contributed by atoms with Crippen LogP contribution in [-0.2, 0) is 4.79 Å². The maximum Gasteiger partial charge on any atom is 0.226 e. The smallest absolute Gasteiger partial charge is 0.226 e. The van der Waals surface area contributed by atoms with Crippen LogP contribution in [0.3, 0.4) is 0 Å². The van der Waals surface area contributed by atoms with Crippen molar-refractivity contribution in [2.45, 2.75) is 46.1 Å². The molecular weight excluding hydrogens is 200 g/mol. The Morgan fingerprint density at radius 3 is 2.62 bits per heavy atom. The molecule has 2 atom stereocenters. The number of nitrogens with one attached hydrogen (secondary N) is 1. The van der Waals surface area contributed by atoms with E-state index >= 15 is 0 Å². The zero-order valence-electron chi connectivity index (χ0n) is 11.1. The lowest BCUT2D eigenvalue weighted by Crippen LogP contribution is -2.44. The highest BCUT2D eigenvalue weighted by atomic mass is 16.2. The number of piperidine rings is 1. The fraction of sp³-hybridized carbons (Fsp3) is 0.923. The first-order valence-electron chi connectivity index (χ1n) is 6.49. The first-order valence-corrected chi connectivity index (χ1v) is 6.49. The zero-order valence-corrected chi connectivity index (χ0v) is 11.1. The Morgan fingerprint density at radius 2 is 2.12 bits per heavy atom. The molecule has 94 valence electrons. The van der Waals surface area contributed by atoms with Crippen molar-refractivity contribution in [2.75, 3.05) is 20.1 Å². The van der Waals surface area contributed by atoms with Gasteiger partial charge in [0.1, 0.15) is 0 Å². The monoisotopic (exact) mass is 226 g/mol. The van der Waals surface area contributed by atoms with Gasteiger partial charge in [-0.05, 0) is 38.6 Å². The Balaban J connectivity index is 2.45. The standard InChI is InChI=1S/C13H26N2O/c1-10(2)8-11(3)15(4)13(16)12-6-5-7-14-9-12/h10-12,14H,5-9H2,1-4H3. The summed E-state index contributed by atoms with van der Waals surface area (Å²) in [6.45, 7) is 8.48. The molecule has 1 fully saturated rings. The van der Waals surface area contributed by atoms with Crippen molar-refractivity contribution < 1.29 is 4.79 Å². The maximum absolute atomic E-state index is 12.2. The van der Waals surface area contributed by atoms with Gasteiger partial charge in [-0.15, -0.1) is 0 Å². The summed E-state index contributed by atoms with van der Waals surface area (Å²) in [5, 5.41) is 3.30. The van der Waals surface area contributed by atoms with Crippen LogP contribution in [0.25, 0.3) is 0 Å². The van der Waals surface area contributed by atoms with Crippen LogP contribution in [0.2, 0.25) is 0 Å². The van der Waals surface area contributed by atoms with Gasteiger partial charge < -0.3 is 10.2 Å². The molecule has 2 unspecified atom stereocenters. The summed E-state index contributed by atoms with van der Waals surface area (Å²) >= 11 is 0. The SMILES string of the molecule is CC(C)CC(C)N(C)C(=O)C1CCCNC1. The average Bonchev–Trinajstić information content (AvgIpc) is 2.27. The largest absolute Gasteiger partial charge is 0.343 e. The van der Waals surface area contributed by atoms with Gasteiger partial charge in [-0.3, -0.25) is 4.79 Å². The van der Waals surface area contributed by atoms with Crippen LogP contribution in [0.5, 0.6) is 0 Å². The van der Waals surface area contributed by atoms with E-state index in [4.69, 9.17) is 0 Å². The first-order chi connectivity index (χ1) is 7.52. The minimum Gasteiger partial charge on any atom is -0.343 e. The Hall–Kier alpha value is -0.570. The summed E-state index contributed by atoms with van der Waals surface area (Å²) in [5.74, 6) is 1.17. The highest BCUT2D eigenvalue weighted by Gasteiger charge is 2.26. The van der Waals surface area contributed by atoms with Crippen LogP contribution in [0.4, 0.5) is 0 Å². The van der Waals surface area contributed by atoms with E-state index in [1.54, 1.807) is 0 Å². The van der Waals surface area contributed by atoms with E-state index in [9.17, 15) is 4.79 Å². The van der Waals surface area contributed by atoms with Gasteiger partial charge in [-0.25, -0.2) is 0 Å². The lowest BCUT2D eigenvalue weighted by molar-refractivity contribution is -0.136. The van der Waals surface area contributed by atoms with Crippen molar-refractivity contribution in [1.29, 1.82) is 0 Å². The fourth-order valence-electron chi connectivity index (χ4n) is 2.41. The van der Waals surface area contributed by atoms with Gasteiger partial charge in [0.05, 0.1) is 5.92 Å². The number of amides is 1. The molecule has 1 saturated heterocycles. The van der Waals surface area contributed by atoms with Gasteiger partial charge >= 0.3 is 0 Å². The second-order valence-corrected chi connectivity index (χ2v) is 5.47. The molecule has 0 radical (unpaired) electrons. The Morgan fingerprint density at radius 1 is 1.44 bits per heavy atom. The molecule has 0 aromatic carbocycles. The van der Waals surface area contributed by atoms with Gasteiger partial charge in [0.2, 0.25) is 5.91 Å². The van der Waals surface area contributed by atoms with Gasteiger partial charge in [-0.1, -0.05) is 13.8 Å². The number of rotatable bonds is 4. The molecule has 0 aliphatic carbocycles. The van der Waals surface area contributed by atoms with Crippen molar-refractivity contribution in [3.05, 3.63) is 0 Å². The molecule has 0 bridgehead atoms. The van der Waals surface area contributed by atoms with Crippen LogP contribution < -0.4 is 5.32 Å². The molecule has 3 heteroatoms. The molecule has 0 saturated carbocycles. The summed E-state index contributed by atoms with van der Waals surface area (Å²) < 4.78 is 0. The molecular formula is C13H26N2O. The van der Waals surface area contributed by atoms with E-state index in [1.807, 2.05) is 11.9 Å². The average molecular weight is 226 g/mol. The fourth-order valence-corrected chi connectivity index (χ4v) is 2.41. The number of hydrogen-bond acceptors (Lipinski definition) is 2. The van der Waals surface area contributed by atoms with E-state index in [1.165, 1.54) is 0 Å². The summed E-state index contributed by atoms with van der Waals surface area (Å²) in [6.07, 6.45) is 3.26. The molecule has 16 heavy (non-hydrogen) atoms. The molecule has 1 aliphatic rings. The third-order valence-corrected chi connectivity index (χ3v) is 3.47. The normalized spacial score (nSPS) is 23.2. The van der Waals surface area contributed by atoms with Crippen LogP contribution in [-0.4, -0.2) is 37.0 Å². The van der Waals surface area contributed by atoms with Crippen molar-refractivity contribution in [2.24, 2.45) is 11.8 Å². The van der Waals surface area contributed by atoms with E-state index in [-0.39, 0.29) is 5.92 Å². The molecule has 1 heterocycles. The molecule has 1 rings (SSSR count). The first kappa shape index (κ1) is 13.5. The Labute approximate surface area is 99.6 Å². The Kier molecular flexibility index (Phi) is 5.26. The van der Waals surface area contributed by atoms with E-state index < -0.39 is 0 Å². The molecule has 0 aromatic rings. The van der Waals surface area contributed by atoms with E-state index in [0.29, 0.717) is 17.9 Å². The van der Waals surface area contributed by atoms with Crippen LogP contribution in [0.1, 0.15) is 40.0 Å². The summed E-state index contributed by atoms with van der Waals surface area (Å²) in [6, 6.07) is 0.356. The zero-order chi connectivity index (χ0) is 12.1. The number of nitrogens with zero attached hydrogens (tertiary/aromatic N) is 1. The molecule has 1 amide bonds. The number of carbonyl (C=O) groups is 1. The van der Waals surface area contributed by atoms with Crippen molar-refractivity contribution >= 4 is 5.91 Å². The third-order valence-electron chi connectivity index (χ3n) is 3.47. The maximum atomic E-state index is 12.2. The van der Waals surface area contributed by atoms with Gasteiger partial charge in [0, 0.05) is 19.6 Å². The molecule has 3 nitrogen and oxygen atoms in total. The predicted octanol–water partition coefficient (Wildman–Crippen LogP) is 1.88. The number of carbonyl (C=O) groups excluding carboxylic acids is 1. The van der Waals surface area contributed by atoms with Crippen molar-refractivity contribution in [3.63, 3.8) is 0 Å². The van der Waals surface area contributed by atoms with Gasteiger partial charge in [-0.2, -0.15) is 0 Å².